The summed E-state index contributed by atoms with van der Waals surface area (Å²) < 4.78 is 0.569. The first kappa shape index (κ1) is 16.6. The number of aryl methyl sites for hydroxylation is 1. The van der Waals surface area contributed by atoms with E-state index >= 15 is 0 Å². The number of nitro groups is 1. The Kier molecular flexibility index (Phi) is 4.75. The topological polar surface area (TPSA) is 112 Å². The molecule has 0 saturated carbocycles. The predicted octanol–water partition coefficient (Wildman–Crippen LogP) is 2.28. The SMILES string of the molecule is Cc1ccc(NC(=O)c2c(C(=O)[O-])cccc2[N+](=O)[O-])c(Br)c1. The average Bonchev–Trinajstić information content (AvgIpc) is 2.49. The van der Waals surface area contributed by atoms with Gasteiger partial charge in [0.1, 0.15) is 5.56 Å². The van der Waals surface area contributed by atoms with Gasteiger partial charge in [-0.1, -0.05) is 18.2 Å². The van der Waals surface area contributed by atoms with Crippen molar-refractivity contribution in [2.75, 3.05) is 5.32 Å². The number of carboxylic acids is 1. The Labute approximate surface area is 139 Å². The van der Waals surface area contributed by atoms with Crippen molar-refractivity contribution in [1.29, 1.82) is 0 Å². The van der Waals surface area contributed by atoms with E-state index in [0.717, 1.165) is 17.7 Å². The number of nitrogens with one attached hydrogen (secondary N) is 1. The van der Waals surface area contributed by atoms with E-state index in [1.54, 1.807) is 18.2 Å². The van der Waals surface area contributed by atoms with E-state index in [0.29, 0.717) is 10.2 Å². The van der Waals surface area contributed by atoms with Gasteiger partial charge in [-0.15, -0.1) is 0 Å². The largest absolute Gasteiger partial charge is 0.545 e. The van der Waals surface area contributed by atoms with Gasteiger partial charge < -0.3 is 15.2 Å². The van der Waals surface area contributed by atoms with Crippen LogP contribution in [-0.2, 0) is 0 Å². The third-order valence-corrected chi connectivity index (χ3v) is 3.72. The van der Waals surface area contributed by atoms with Crippen LogP contribution in [0.2, 0.25) is 0 Å². The fourth-order valence-electron chi connectivity index (χ4n) is 2.01. The number of carbonyl (C=O) groups is 2. The van der Waals surface area contributed by atoms with Crippen LogP contribution in [0.1, 0.15) is 26.3 Å². The molecule has 0 radical (unpaired) electrons. The molecule has 0 atom stereocenters. The molecule has 1 N–H and O–H groups in total. The summed E-state index contributed by atoms with van der Waals surface area (Å²) in [7, 11) is 0. The van der Waals surface area contributed by atoms with Gasteiger partial charge in [0.15, 0.2) is 0 Å². The van der Waals surface area contributed by atoms with Crippen LogP contribution < -0.4 is 10.4 Å². The van der Waals surface area contributed by atoms with Gasteiger partial charge in [-0.2, -0.15) is 0 Å². The highest BCUT2D eigenvalue weighted by Gasteiger charge is 2.24. The van der Waals surface area contributed by atoms with E-state index in [-0.39, 0.29) is 0 Å². The van der Waals surface area contributed by atoms with Gasteiger partial charge in [-0.25, -0.2) is 0 Å². The number of aromatic carboxylic acids is 1. The van der Waals surface area contributed by atoms with Crippen LogP contribution >= 0.6 is 15.9 Å². The molecule has 0 aliphatic carbocycles. The summed E-state index contributed by atoms with van der Waals surface area (Å²) in [5, 5.41) is 24.7. The van der Waals surface area contributed by atoms with Crippen LogP contribution in [0.4, 0.5) is 11.4 Å². The van der Waals surface area contributed by atoms with Crippen molar-refractivity contribution >= 4 is 39.2 Å². The Bertz CT molecular complexity index is 787. The van der Waals surface area contributed by atoms with Crippen molar-refractivity contribution < 1.29 is 19.6 Å². The number of halogens is 1. The molecule has 0 saturated heterocycles. The highest BCUT2D eigenvalue weighted by atomic mass is 79.9. The number of anilines is 1. The number of benzene rings is 2. The Balaban J connectivity index is 2.50. The van der Waals surface area contributed by atoms with Crippen LogP contribution in [0, 0.1) is 17.0 Å². The van der Waals surface area contributed by atoms with Crippen LogP contribution in [-0.4, -0.2) is 16.8 Å². The smallest absolute Gasteiger partial charge is 0.282 e. The van der Waals surface area contributed by atoms with E-state index < -0.39 is 33.6 Å². The van der Waals surface area contributed by atoms with E-state index in [4.69, 9.17) is 0 Å². The lowest BCUT2D eigenvalue weighted by Gasteiger charge is -2.12. The number of carboxylic acid groups (broad SMARTS) is 1. The third kappa shape index (κ3) is 3.54. The molecule has 118 valence electrons. The normalized spacial score (nSPS) is 10.2. The number of hydrogen-bond donors (Lipinski definition) is 1. The zero-order chi connectivity index (χ0) is 17.1. The Morgan fingerprint density at radius 3 is 2.48 bits per heavy atom. The van der Waals surface area contributed by atoms with E-state index in [1.807, 2.05) is 6.92 Å². The fourth-order valence-corrected chi connectivity index (χ4v) is 2.60. The van der Waals surface area contributed by atoms with E-state index in [1.165, 1.54) is 6.07 Å². The first-order valence-electron chi connectivity index (χ1n) is 6.37. The molecule has 1 amide bonds. The van der Waals surface area contributed by atoms with E-state index in [2.05, 4.69) is 21.2 Å². The number of nitro benzene ring substituents is 1. The summed E-state index contributed by atoms with van der Waals surface area (Å²) >= 11 is 3.27. The van der Waals surface area contributed by atoms with Gasteiger partial charge >= 0.3 is 0 Å². The van der Waals surface area contributed by atoms with Crippen molar-refractivity contribution in [1.82, 2.24) is 0 Å². The standard InChI is InChI=1S/C15H11BrN2O5/c1-8-5-6-11(10(16)7-8)17-14(19)13-9(15(20)21)3-2-4-12(13)18(22)23/h2-7H,1H3,(H,17,19)(H,20,21)/p-1. The van der Waals surface area contributed by atoms with Gasteiger partial charge in [0.05, 0.1) is 16.6 Å². The Hall–Kier alpha value is -2.74. The number of nitrogens with zero attached hydrogens (tertiary/aromatic N) is 1. The molecule has 0 bridgehead atoms. The molecular weight excluding hydrogens is 368 g/mol. The molecule has 0 fully saturated rings. The highest BCUT2D eigenvalue weighted by molar-refractivity contribution is 9.10. The zero-order valence-corrected chi connectivity index (χ0v) is 13.4. The minimum absolute atomic E-state index is 0.364. The van der Waals surface area contributed by atoms with Gasteiger partial charge in [0.2, 0.25) is 0 Å². The summed E-state index contributed by atoms with van der Waals surface area (Å²) in [5.74, 6) is -2.57. The zero-order valence-electron chi connectivity index (χ0n) is 11.8. The van der Waals surface area contributed by atoms with E-state index in [9.17, 15) is 24.8 Å². The molecule has 0 unspecified atom stereocenters. The molecule has 2 rings (SSSR count). The van der Waals surface area contributed by atoms with Crippen molar-refractivity contribution in [3.05, 3.63) is 67.7 Å². The molecule has 0 aliphatic heterocycles. The van der Waals surface area contributed by atoms with Gasteiger partial charge in [0, 0.05) is 16.1 Å². The maximum absolute atomic E-state index is 12.4. The number of rotatable bonds is 4. The predicted molar refractivity (Wildman–Crippen MR) is 84.3 cm³/mol. The summed E-state index contributed by atoms with van der Waals surface area (Å²) in [6, 6.07) is 8.41. The maximum Gasteiger partial charge on any atom is 0.282 e. The lowest BCUT2D eigenvalue weighted by atomic mass is 10.0. The summed E-state index contributed by atoms with van der Waals surface area (Å²) in [5.41, 5.74) is -0.392. The van der Waals surface area contributed by atoms with Crippen molar-refractivity contribution in [3.63, 3.8) is 0 Å². The first-order chi connectivity index (χ1) is 10.8. The quantitative estimate of drug-likeness (QED) is 0.648. The van der Waals surface area contributed by atoms with Crippen LogP contribution in [0.5, 0.6) is 0 Å². The number of carbonyl (C=O) groups excluding carboxylic acids is 2. The van der Waals surface area contributed by atoms with Gasteiger partial charge in [-0.3, -0.25) is 14.9 Å². The lowest BCUT2D eigenvalue weighted by Crippen LogP contribution is -2.27. The molecule has 0 aliphatic rings. The number of amides is 1. The van der Waals surface area contributed by atoms with Gasteiger partial charge in [0.25, 0.3) is 11.6 Å². The summed E-state index contributed by atoms with van der Waals surface area (Å²) in [6.45, 7) is 1.85. The Morgan fingerprint density at radius 1 is 1.22 bits per heavy atom. The van der Waals surface area contributed by atoms with Crippen LogP contribution in [0.15, 0.2) is 40.9 Å². The van der Waals surface area contributed by atoms with Crippen molar-refractivity contribution in [3.8, 4) is 0 Å². The fraction of sp³-hybridized carbons (Fsp3) is 0.0667. The van der Waals surface area contributed by atoms with Crippen molar-refractivity contribution in [2.24, 2.45) is 0 Å². The molecule has 7 nitrogen and oxygen atoms in total. The second kappa shape index (κ2) is 6.57. The Morgan fingerprint density at radius 2 is 1.91 bits per heavy atom. The monoisotopic (exact) mass is 377 g/mol. The second-order valence-corrected chi connectivity index (χ2v) is 5.54. The minimum Gasteiger partial charge on any atom is -0.545 e. The second-order valence-electron chi connectivity index (χ2n) is 4.68. The molecule has 2 aromatic rings. The molecular formula is C15H10BrN2O5-. The molecule has 0 heterocycles. The average molecular weight is 378 g/mol. The lowest BCUT2D eigenvalue weighted by molar-refractivity contribution is -0.385. The molecule has 2 aromatic carbocycles. The van der Waals surface area contributed by atoms with Crippen LogP contribution in [0.25, 0.3) is 0 Å². The minimum atomic E-state index is -1.66. The number of hydrogen-bond acceptors (Lipinski definition) is 5. The third-order valence-electron chi connectivity index (χ3n) is 3.06. The van der Waals surface area contributed by atoms with Crippen molar-refractivity contribution in [2.45, 2.75) is 6.92 Å². The molecule has 8 heteroatoms. The molecule has 23 heavy (non-hydrogen) atoms. The molecule has 0 aromatic heterocycles. The van der Waals surface area contributed by atoms with Crippen LogP contribution in [0.3, 0.4) is 0 Å². The maximum atomic E-state index is 12.4. The summed E-state index contributed by atoms with van der Waals surface area (Å²) in [6.07, 6.45) is 0. The first-order valence-corrected chi connectivity index (χ1v) is 7.17. The highest BCUT2D eigenvalue weighted by Crippen LogP contribution is 2.27. The summed E-state index contributed by atoms with van der Waals surface area (Å²) in [4.78, 5) is 33.8. The van der Waals surface area contributed by atoms with Gasteiger partial charge in [-0.05, 0) is 40.5 Å². The molecule has 0 spiro atoms.